The average Bonchev–Trinajstić information content (AvgIpc) is 2.68. The zero-order chi connectivity index (χ0) is 17.9. The van der Waals surface area contributed by atoms with E-state index in [-0.39, 0.29) is 5.75 Å². The van der Waals surface area contributed by atoms with Gasteiger partial charge in [0.1, 0.15) is 17.9 Å². The van der Waals surface area contributed by atoms with Crippen LogP contribution in [0.5, 0.6) is 5.75 Å². The summed E-state index contributed by atoms with van der Waals surface area (Å²) >= 11 is 0. The molecule has 25 heavy (non-hydrogen) atoms. The van der Waals surface area contributed by atoms with E-state index in [1.54, 1.807) is 24.7 Å². The van der Waals surface area contributed by atoms with Gasteiger partial charge >= 0.3 is 0 Å². The standard InChI is InChI=1S/C17H22N4O3S/c1-3-25(22,23)21-9-7-20(8-10-21)17-12-16(18-13-19-17)14-5-4-6-15(11-14)24-2/h4-6,11-13H,3,7-10H2,1-2H3. The van der Waals surface area contributed by atoms with E-state index in [1.165, 1.54) is 0 Å². The van der Waals surface area contributed by atoms with Crippen molar-refractivity contribution in [3.8, 4) is 17.0 Å². The van der Waals surface area contributed by atoms with Crippen molar-refractivity contribution in [1.82, 2.24) is 14.3 Å². The summed E-state index contributed by atoms with van der Waals surface area (Å²) in [6.45, 7) is 3.87. The second-order valence-corrected chi connectivity index (χ2v) is 8.04. The van der Waals surface area contributed by atoms with Gasteiger partial charge in [0.15, 0.2) is 0 Å². The molecule has 1 saturated heterocycles. The van der Waals surface area contributed by atoms with Crippen molar-refractivity contribution in [2.24, 2.45) is 0 Å². The zero-order valence-corrected chi connectivity index (χ0v) is 15.2. The molecule has 3 rings (SSSR count). The van der Waals surface area contributed by atoms with Crippen molar-refractivity contribution >= 4 is 15.8 Å². The fraction of sp³-hybridized carbons (Fsp3) is 0.412. The Morgan fingerprint density at radius 2 is 1.88 bits per heavy atom. The first kappa shape index (κ1) is 17.6. The smallest absolute Gasteiger partial charge is 0.213 e. The lowest BCUT2D eigenvalue weighted by atomic mass is 10.1. The van der Waals surface area contributed by atoms with Crippen LogP contribution < -0.4 is 9.64 Å². The molecule has 2 aromatic rings. The summed E-state index contributed by atoms with van der Waals surface area (Å²) in [5.74, 6) is 1.72. The topological polar surface area (TPSA) is 75.6 Å². The van der Waals surface area contributed by atoms with Gasteiger partial charge in [0, 0.05) is 37.8 Å². The van der Waals surface area contributed by atoms with Gasteiger partial charge in [-0.2, -0.15) is 4.31 Å². The quantitative estimate of drug-likeness (QED) is 0.805. The van der Waals surface area contributed by atoms with Gasteiger partial charge in [0.05, 0.1) is 18.6 Å². The Kier molecular flexibility index (Phi) is 5.19. The Morgan fingerprint density at radius 3 is 2.56 bits per heavy atom. The summed E-state index contributed by atoms with van der Waals surface area (Å²) in [5, 5.41) is 0. The maximum atomic E-state index is 12.0. The summed E-state index contributed by atoms with van der Waals surface area (Å²) in [7, 11) is -1.49. The number of sulfonamides is 1. The molecule has 1 aromatic heterocycles. The first-order chi connectivity index (χ1) is 12.0. The lowest BCUT2D eigenvalue weighted by Gasteiger charge is -2.34. The average molecular weight is 362 g/mol. The van der Waals surface area contributed by atoms with Crippen molar-refractivity contribution in [3.05, 3.63) is 36.7 Å². The maximum absolute atomic E-state index is 12.0. The summed E-state index contributed by atoms with van der Waals surface area (Å²) in [4.78, 5) is 10.8. The van der Waals surface area contributed by atoms with Crippen LogP contribution in [0.15, 0.2) is 36.7 Å². The number of ether oxygens (including phenoxy) is 1. The summed E-state index contributed by atoms with van der Waals surface area (Å²) < 4.78 is 30.7. The van der Waals surface area contributed by atoms with E-state index < -0.39 is 10.0 Å². The SMILES string of the molecule is CCS(=O)(=O)N1CCN(c2cc(-c3cccc(OC)c3)ncn2)CC1. The van der Waals surface area contributed by atoms with Crippen molar-refractivity contribution in [3.63, 3.8) is 0 Å². The molecule has 0 atom stereocenters. The highest BCUT2D eigenvalue weighted by molar-refractivity contribution is 7.89. The number of methoxy groups -OCH3 is 1. The van der Waals surface area contributed by atoms with Crippen LogP contribution in [-0.4, -0.2) is 61.7 Å². The van der Waals surface area contributed by atoms with E-state index in [2.05, 4.69) is 14.9 Å². The molecule has 0 unspecified atom stereocenters. The third-order valence-electron chi connectivity index (χ3n) is 4.34. The summed E-state index contributed by atoms with van der Waals surface area (Å²) in [6.07, 6.45) is 1.54. The first-order valence-corrected chi connectivity index (χ1v) is 9.83. The van der Waals surface area contributed by atoms with Gasteiger partial charge in [0.25, 0.3) is 0 Å². The van der Waals surface area contributed by atoms with Gasteiger partial charge in [0.2, 0.25) is 10.0 Å². The third-order valence-corrected chi connectivity index (χ3v) is 6.22. The predicted molar refractivity (Wildman–Crippen MR) is 97.3 cm³/mol. The molecule has 0 saturated carbocycles. The molecular weight excluding hydrogens is 340 g/mol. The van der Waals surface area contributed by atoms with E-state index in [1.807, 2.05) is 30.3 Å². The maximum Gasteiger partial charge on any atom is 0.213 e. The Balaban J connectivity index is 1.77. The first-order valence-electron chi connectivity index (χ1n) is 8.22. The number of hydrogen-bond acceptors (Lipinski definition) is 6. The number of piperazine rings is 1. The molecule has 0 aliphatic carbocycles. The third kappa shape index (κ3) is 3.91. The minimum Gasteiger partial charge on any atom is -0.497 e. The molecule has 0 radical (unpaired) electrons. The predicted octanol–water partition coefficient (Wildman–Crippen LogP) is 1.62. The number of rotatable bonds is 5. The molecule has 7 nitrogen and oxygen atoms in total. The lowest BCUT2D eigenvalue weighted by molar-refractivity contribution is 0.384. The Hall–Kier alpha value is -2.19. The van der Waals surface area contributed by atoms with Gasteiger partial charge in [-0.3, -0.25) is 0 Å². The molecule has 0 bridgehead atoms. The Morgan fingerprint density at radius 1 is 1.12 bits per heavy atom. The minimum atomic E-state index is -3.13. The van der Waals surface area contributed by atoms with E-state index in [9.17, 15) is 8.42 Å². The van der Waals surface area contributed by atoms with Gasteiger partial charge in [-0.15, -0.1) is 0 Å². The molecule has 1 aliphatic heterocycles. The number of benzene rings is 1. The van der Waals surface area contributed by atoms with Crippen molar-refractivity contribution < 1.29 is 13.2 Å². The molecule has 0 N–H and O–H groups in total. The highest BCUT2D eigenvalue weighted by Gasteiger charge is 2.26. The molecule has 2 heterocycles. The van der Waals surface area contributed by atoms with Crippen molar-refractivity contribution in [2.75, 3.05) is 43.9 Å². The monoisotopic (exact) mass is 362 g/mol. The molecular formula is C17H22N4O3S. The van der Waals surface area contributed by atoms with Crippen LogP contribution in [0.1, 0.15) is 6.92 Å². The number of anilines is 1. The van der Waals surface area contributed by atoms with Gasteiger partial charge in [-0.1, -0.05) is 12.1 Å². The molecule has 1 aromatic carbocycles. The van der Waals surface area contributed by atoms with E-state index >= 15 is 0 Å². The molecule has 1 aliphatic rings. The number of nitrogens with zero attached hydrogens (tertiary/aromatic N) is 4. The molecule has 1 fully saturated rings. The van der Waals surface area contributed by atoms with Crippen LogP contribution in [0, 0.1) is 0 Å². The molecule has 0 spiro atoms. The van der Waals surface area contributed by atoms with Crippen molar-refractivity contribution in [2.45, 2.75) is 6.92 Å². The highest BCUT2D eigenvalue weighted by Crippen LogP contribution is 2.25. The molecule has 134 valence electrons. The van der Waals surface area contributed by atoms with Crippen molar-refractivity contribution in [1.29, 1.82) is 0 Å². The van der Waals surface area contributed by atoms with Gasteiger partial charge in [-0.25, -0.2) is 18.4 Å². The van der Waals surface area contributed by atoms with Crippen LogP contribution >= 0.6 is 0 Å². The fourth-order valence-electron chi connectivity index (χ4n) is 2.84. The van der Waals surface area contributed by atoms with Crippen LogP contribution in [-0.2, 0) is 10.0 Å². The van der Waals surface area contributed by atoms with Gasteiger partial charge < -0.3 is 9.64 Å². The highest BCUT2D eigenvalue weighted by atomic mass is 32.2. The molecule has 0 amide bonds. The summed E-state index contributed by atoms with van der Waals surface area (Å²) in [5.41, 5.74) is 1.77. The van der Waals surface area contributed by atoms with E-state index in [4.69, 9.17) is 4.74 Å². The number of aromatic nitrogens is 2. The van der Waals surface area contributed by atoms with E-state index in [0.717, 1.165) is 22.8 Å². The van der Waals surface area contributed by atoms with Crippen LogP contribution in [0.4, 0.5) is 5.82 Å². The lowest BCUT2D eigenvalue weighted by Crippen LogP contribution is -2.49. The fourth-order valence-corrected chi connectivity index (χ4v) is 3.92. The van der Waals surface area contributed by atoms with Crippen LogP contribution in [0.3, 0.4) is 0 Å². The van der Waals surface area contributed by atoms with E-state index in [0.29, 0.717) is 26.2 Å². The number of hydrogen-bond donors (Lipinski definition) is 0. The molecule has 8 heteroatoms. The zero-order valence-electron chi connectivity index (χ0n) is 14.4. The normalized spacial score (nSPS) is 16.0. The summed E-state index contributed by atoms with van der Waals surface area (Å²) in [6, 6.07) is 9.64. The largest absolute Gasteiger partial charge is 0.497 e. The van der Waals surface area contributed by atoms with Gasteiger partial charge in [-0.05, 0) is 19.1 Å². The minimum absolute atomic E-state index is 0.139. The second kappa shape index (κ2) is 7.37. The van der Waals surface area contributed by atoms with Crippen LogP contribution in [0.2, 0.25) is 0 Å². The Bertz CT molecular complexity index is 833. The second-order valence-electron chi connectivity index (χ2n) is 5.78. The Labute approximate surface area is 148 Å². The van der Waals surface area contributed by atoms with Crippen LogP contribution in [0.25, 0.3) is 11.3 Å².